The van der Waals surface area contributed by atoms with Gasteiger partial charge in [0.1, 0.15) is 0 Å². The van der Waals surface area contributed by atoms with Crippen LogP contribution >= 0.6 is 11.3 Å². The number of amides is 2. The number of thiazole rings is 1. The van der Waals surface area contributed by atoms with Gasteiger partial charge in [0.2, 0.25) is 11.8 Å². The Labute approximate surface area is 121 Å². The predicted octanol–water partition coefficient (Wildman–Crippen LogP) is 1.17. The Morgan fingerprint density at radius 3 is 2.75 bits per heavy atom. The van der Waals surface area contributed by atoms with Crippen LogP contribution in [0.2, 0.25) is 0 Å². The molecule has 108 valence electrons. The summed E-state index contributed by atoms with van der Waals surface area (Å²) in [4.78, 5) is 28.5. The van der Waals surface area contributed by atoms with Crippen LogP contribution in [-0.2, 0) is 16.1 Å². The van der Waals surface area contributed by atoms with Crippen LogP contribution in [0.1, 0.15) is 26.5 Å². The monoisotopic (exact) mass is 294 g/mol. The Balaban J connectivity index is 1.78. The third kappa shape index (κ3) is 3.57. The van der Waals surface area contributed by atoms with Crippen molar-refractivity contribution in [1.82, 2.24) is 20.0 Å². The minimum atomic E-state index is -0.492. The van der Waals surface area contributed by atoms with Crippen molar-refractivity contribution in [2.45, 2.75) is 27.3 Å². The Kier molecular flexibility index (Phi) is 4.08. The largest absolute Gasteiger partial charge is 0.349 e. The summed E-state index contributed by atoms with van der Waals surface area (Å²) in [6, 6.07) is 0. The molecule has 0 saturated heterocycles. The number of nitrogens with one attached hydrogen (secondary N) is 2. The molecule has 2 aromatic heterocycles. The fourth-order valence-electron chi connectivity index (χ4n) is 1.54. The molecule has 2 amide bonds. The highest BCUT2D eigenvalue weighted by molar-refractivity contribution is 7.15. The fourth-order valence-corrected chi connectivity index (χ4v) is 2.26. The van der Waals surface area contributed by atoms with E-state index in [1.807, 2.05) is 22.2 Å². The summed E-state index contributed by atoms with van der Waals surface area (Å²) >= 11 is 1.54. The first-order valence-corrected chi connectivity index (χ1v) is 7.20. The van der Waals surface area contributed by atoms with Gasteiger partial charge in [-0.05, 0) is 0 Å². The lowest BCUT2D eigenvalue weighted by Crippen LogP contribution is -2.41. The van der Waals surface area contributed by atoms with Crippen molar-refractivity contribution in [2.24, 2.45) is 5.41 Å². The molecule has 6 nitrogen and oxygen atoms in total. The lowest BCUT2D eigenvalue weighted by Gasteiger charge is -2.17. The first kappa shape index (κ1) is 14.5. The smallest absolute Gasteiger partial charge is 0.239 e. The predicted molar refractivity (Wildman–Crippen MR) is 77.4 cm³/mol. The zero-order valence-electron chi connectivity index (χ0n) is 11.8. The number of imidazole rings is 1. The third-order valence-electron chi connectivity index (χ3n) is 2.70. The molecule has 2 heterocycles. The second-order valence-electron chi connectivity index (χ2n) is 5.53. The molecule has 2 aromatic rings. The number of hydrogen-bond donors (Lipinski definition) is 2. The Bertz CT molecular complexity index is 595. The highest BCUT2D eigenvalue weighted by Crippen LogP contribution is 2.12. The molecule has 0 unspecified atom stereocenters. The summed E-state index contributed by atoms with van der Waals surface area (Å²) in [7, 11) is 0. The highest BCUT2D eigenvalue weighted by atomic mass is 32.1. The molecular formula is C13H18N4O2S. The molecule has 0 aliphatic rings. The molecule has 20 heavy (non-hydrogen) atoms. The molecule has 0 fully saturated rings. The average Bonchev–Trinajstić information content (AvgIpc) is 2.92. The molecular weight excluding hydrogens is 276 g/mol. The zero-order chi connectivity index (χ0) is 14.8. The molecule has 0 spiro atoms. The van der Waals surface area contributed by atoms with Crippen LogP contribution in [0.25, 0.3) is 4.96 Å². The van der Waals surface area contributed by atoms with Gasteiger partial charge in [0.25, 0.3) is 0 Å². The van der Waals surface area contributed by atoms with Gasteiger partial charge in [-0.25, -0.2) is 4.98 Å². The van der Waals surface area contributed by atoms with E-state index >= 15 is 0 Å². The second kappa shape index (κ2) is 5.62. The van der Waals surface area contributed by atoms with Gasteiger partial charge >= 0.3 is 0 Å². The minimum Gasteiger partial charge on any atom is -0.349 e. The number of rotatable bonds is 4. The molecule has 2 N–H and O–H groups in total. The van der Waals surface area contributed by atoms with Crippen LogP contribution in [0.5, 0.6) is 0 Å². The first-order chi connectivity index (χ1) is 9.36. The molecule has 0 aromatic carbocycles. The van der Waals surface area contributed by atoms with Crippen molar-refractivity contribution >= 4 is 28.1 Å². The lowest BCUT2D eigenvalue weighted by molar-refractivity contribution is -0.131. The van der Waals surface area contributed by atoms with Gasteiger partial charge in [0.05, 0.1) is 18.8 Å². The summed E-state index contributed by atoms with van der Waals surface area (Å²) in [6.07, 6.45) is 3.79. The number of carbonyl (C=O) groups is 2. The van der Waals surface area contributed by atoms with Gasteiger partial charge in [-0.1, -0.05) is 20.8 Å². The van der Waals surface area contributed by atoms with E-state index in [-0.39, 0.29) is 18.4 Å². The maximum Gasteiger partial charge on any atom is 0.239 e. The summed E-state index contributed by atoms with van der Waals surface area (Å²) in [5.74, 6) is -0.367. The number of fused-ring (bicyclic) bond motifs is 1. The highest BCUT2D eigenvalue weighted by Gasteiger charge is 2.21. The van der Waals surface area contributed by atoms with Crippen molar-refractivity contribution in [3.8, 4) is 0 Å². The Morgan fingerprint density at radius 1 is 1.35 bits per heavy atom. The van der Waals surface area contributed by atoms with E-state index in [1.54, 1.807) is 32.1 Å². The van der Waals surface area contributed by atoms with Gasteiger partial charge in [0, 0.05) is 23.2 Å². The summed E-state index contributed by atoms with van der Waals surface area (Å²) < 4.78 is 1.91. The van der Waals surface area contributed by atoms with E-state index in [0.29, 0.717) is 6.54 Å². The normalized spacial score (nSPS) is 11.6. The van der Waals surface area contributed by atoms with Crippen molar-refractivity contribution in [3.63, 3.8) is 0 Å². The van der Waals surface area contributed by atoms with Crippen molar-refractivity contribution in [1.29, 1.82) is 0 Å². The van der Waals surface area contributed by atoms with Gasteiger partial charge in [-0.2, -0.15) is 0 Å². The van der Waals surface area contributed by atoms with Gasteiger partial charge < -0.3 is 10.6 Å². The maximum atomic E-state index is 11.6. The van der Waals surface area contributed by atoms with E-state index in [0.717, 1.165) is 10.7 Å². The van der Waals surface area contributed by atoms with Crippen LogP contribution in [0.15, 0.2) is 17.8 Å². The van der Waals surface area contributed by atoms with Crippen LogP contribution < -0.4 is 10.6 Å². The van der Waals surface area contributed by atoms with Gasteiger partial charge in [-0.3, -0.25) is 14.0 Å². The fraction of sp³-hybridized carbons (Fsp3) is 0.462. The van der Waals surface area contributed by atoms with Crippen LogP contribution in [0, 0.1) is 5.41 Å². The topological polar surface area (TPSA) is 75.5 Å². The van der Waals surface area contributed by atoms with Crippen molar-refractivity contribution < 1.29 is 9.59 Å². The summed E-state index contributed by atoms with van der Waals surface area (Å²) in [6.45, 7) is 5.76. The quantitative estimate of drug-likeness (QED) is 0.889. The van der Waals surface area contributed by atoms with Crippen LogP contribution in [-0.4, -0.2) is 27.7 Å². The molecule has 0 atom stereocenters. The second-order valence-corrected chi connectivity index (χ2v) is 6.41. The Hall–Kier alpha value is -1.89. The standard InChI is InChI=1S/C13H18N4O2S/c1-13(2,3)11(19)15-7-10(18)14-6-9-8-17-4-5-20-12(17)16-9/h4-5,8H,6-7H2,1-3H3,(H,14,18)(H,15,19). The molecule has 7 heteroatoms. The average molecular weight is 294 g/mol. The van der Waals surface area contributed by atoms with E-state index in [4.69, 9.17) is 0 Å². The van der Waals surface area contributed by atoms with Crippen LogP contribution in [0.4, 0.5) is 0 Å². The molecule has 0 aliphatic carbocycles. The number of nitrogens with zero attached hydrogens (tertiary/aromatic N) is 2. The molecule has 0 aliphatic heterocycles. The molecule has 0 radical (unpaired) electrons. The molecule has 0 bridgehead atoms. The maximum absolute atomic E-state index is 11.6. The minimum absolute atomic E-state index is 0.0156. The molecule has 0 saturated carbocycles. The van der Waals surface area contributed by atoms with Gasteiger partial charge in [-0.15, -0.1) is 11.3 Å². The Morgan fingerprint density at radius 2 is 2.10 bits per heavy atom. The van der Waals surface area contributed by atoms with E-state index < -0.39 is 5.41 Å². The first-order valence-electron chi connectivity index (χ1n) is 6.32. The summed E-state index contributed by atoms with van der Waals surface area (Å²) in [5.41, 5.74) is 0.307. The lowest BCUT2D eigenvalue weighted by atomic mass is 9.96. The van der Waals surface area contributed by atoms with E-state index in [2.05, 4.69) is 15.6 Å². The third-order valence-corrected chi connectivity index (χ3v) is 3.47. The number of aromatic nitrogens is 2. The van der Waals surface area contributed by atoms with E-state index in [1.165, 1.54) is 0 Å². The summed E-state index contributed by atoms with van der Waals surface area (Å²) in [5, 5.41) is 7.29. The number of carbonyl (C=O) groups excluding carboxylic acids is 2. The number of hydrogen-bond acceptors (Lipinski definition) is 4. The van der Waals surface area contributed by atoms with Crippen LogP contribution in [0.3, 0.4) is 0 Å². The van der Waals surface area contributed by atoms with Crippen molar-refractivity contribution in [2.75, 3.05) is 6.54 Å². The zero-order valence-corrected chi connectivity index (χ0v) is 12.6. The van der Waals surface area contributed by atoms with Gasteiger partial charge in [0.15, 0.2) is 4.96 Å². The molecule has 2 rings (SSSR count). The van der Waals surface area contributed by atoms with E-state index in [9.17, 15) is 9.59 Å². The SMILES string of the molecule is CC(C)(C)C(=O)NCC(=O)NCc1cn2ccsc2n1. The van der Waals surface area contributed by atoms with Crippen molar-refractivity contribution in [3.05, 3.63) is 23.5 Å².